The highest BCUT2D eigenvalue weighted by atomic mass is 32.1. The third-order valence-corrected chi connectivity index (χ3v) is 6.93. The lowest BCUT2D eigenvalue weighted by Crippen LogP contribution is -2.48. The van der Waals surface area contributed by atoms with Crippen molar-refractivity contribution in [3.8, 4) is 10.6 Å². The molecule has 2 saturated heterocycles. The number of benzene rings is 1. The van der Waals surface area contributed by atoms with Gasteiger partial charge < -0.3 is 9.84 Å². The van der Waals surface area contributed by atoms with E-state index in [2.05, 4.69) is 58.5 Å². The van der Waals surface area contributed by atoms with Crippen molar-refractivity contribution in [3.05, 3.63) is 52.9 Å². The summed E-state index contributed by atoms with van der Waals surface area (Å²) >= 11 is 1.73. The van der Waals surface area contributed by atoms with E-state index in [1.165, 1.54) is 21.4 Å². The number of morpholine rings is 1. The van der Waals surface area contributed by atoms with Crippen LogP contribution >= 0.6 is 11.3 Å². The highest BCUT2D eigenvalue weighted by Gasteiger charge is 2.36. The summed E-state index contributed by atoms with van der Waals surface area (Å²) in [6, 6.07) is 13.2. The molecule has 2 aromatic heterocycles. The Morgan fingerprint density at radius 2 is 2.03 bits per heavy atom. The van der Waals surface area contributed by atoms with Gasteiger partial charge in [0.05, 0.1) is 35.4 Å². The van der Waals surface area contributed by atoms with E-state index in [9.17, 15) is 5.11 Å². The lowest BCUT2D eigenvalue weighted by molar-refractivity contribution is -0.00618. The lowest BCUT2D eigenvalue weighted by Gasteiger charge is -2.33. The molecule has 0 amide bonds. The maximum absolute atomic E-state index is 10.7. The second-order valence-electron chi connectivity index (χ2n) is 8.15. The van der Waals surface area contributed by atoms with Crippen molar-refractivity contribution < 1.29 is 9.84 Å². The Labute approximate surface area is 175 Å². The van der Waals surface area contributed by atoms with Crippen LogP contribution in [0.5, 0.6) is 0 Å². The molecule has 4 heterocycles. The Hall–Kier alpha value is -1.83. The third kappa shape index (κ3) is 3.96. The van der Waals surface area contributed by atoms with Crippen LogP contribution < -0.4 is 0 Å². The normalized spacial score (nSPS) is 23.8. The van der Waals surface area contributed by atoms with Gasteiger partial charge in [-0.15, -0.1) is 11.3 Å². The van der Waals surface area contributed by atoms with Crippen LogP contribution in [0.25, 0.3) is 21.5 Å². The van der Waals surface area contributed by atoms with Gasteiger partial charge in [0, 0.05) is 44.2 Å². The van der Waals surface area contributed by atoms with Crippen LogP contribution in [0.2, 0.25) is 0 Å². The maximum Gasteiger partial charge on any atom is 0.0854 e. The average molecular weight is 410 g/mol. The lowest BCUT2D eigenvalue weighted by atomic mass is 10.1. The molecule has 2 aliphatic rings. The van der Waals surface area contributed by atoms with Gasteiger partial charge in [0.15, 0.2) is 0 Å². The van der Waals surface area contributed by atoms with Gasteiger partial charge in [0.1, 0.15) is 0 Å². The summed E-state index contributed by atoms with van der Waals surface area (Å²) in [5.74, 6) is 0. The van der Waals surface area contributed by atoms with Crippen molar-refractivity contribution in [3.63, 3.8) is 0 Å². The molecule has 29 heavy (non-hydrogen) atoms. The molecule has 1 aromatic carbocycles. The van der Waals surface area contributed by atoms with Gasteiger partial charge in [0.25, 0.3) is 0 Å². The van der Waals surface area contributed by atoms with Crippen LogP contribution in [-0.2, 0) is 11.3 Å². The number of likely N-dealkylation sites (tertiary alicyclic amines) is 1. The molecule has 1 N–H and O–H groups in total. The number of hydrogen-bond acceptors (Lipinski definition) is 6. The zero-order valence-electron chi connectivity index (χ0n) is 16.8. The predicted molar refractivity (Wildman–Crippen MR) is 117 cm³/mol. The fourth-order valence-electron chi connectivity index (χ4n) is 4.55. The third-order valence-electron chi connectivity index (χ3n) is 6.05. The van der Waals surface area contributed by atoms with Gasteiger partial charge in [-0.2, -0.15) is 0 Å². The molecule has 0 spiro atoms. The van der Waals surface area contributed by atoms with Crippen molar-refractivity contribution in [2.45, 2.75) is 25.6 Å². The Kier molecular flexibility index (Phi) is 5.37. The average Bonchev–Trinajstić information content (AvgIpc) is 3.38. The molecule has 2 fully saturated rings. The highest BCUT2D eigenvalue weighted by Crippen LogP contribution is 2.31. The van der Waals surface area contributed by atoms with Gasteiger partial charge >= 0.3 is 0 Å². The van der Waals surface area contributed by atoms with Crippen LogP contribution in [0, 0.1) is 6.92 Å². The molecular weight excluding hydrogens is 382 g/mol. The fourth-order valence-corrected chi connectivity index (χ4v) is 5.30. The Morgan fingerprint density at radius 1 is 1.17 bits per heavy atom. The number of aromatic nitrogens is 1. The van der Waals surface area contributed by atoms with Gasteiger partial charge in [-0.1, -0.05) is 18.2 Å². The van der Waals surface area contributed by atoms with Crippen molar-refractivity contribution in [2.75, 3.05) is 39.4 Å². The first-order chi connectivity index (χ1) is 14.2. The molecule has 5 nitrogen and oxygen atoms in total. The Balaban J connectivity index is 1.43. The number of pyridine rings is 1. The van der Waals surface area contributed by atoms with Gasteiger partial charge in [-0.05, 0) is 41.6 Å². The number of thiophene rings is 1. The summed E-state index contributed by atoms with van der Waals surface area (Å²) in [6.45, 7) is 7.85. The minimum atomic E-state index is -0.311. The first kappa shape index (κ1) is 19.2. The van der Waals surface area contributed by atoms with Crippen LogP contribution in [0.3, 0.4) is 0 Å². The van der Waals surface area contributed by atoms with E-state index >= 15 is 0 Å². The molecule has 0 aliphatic carbocycles. The number of rotatable bonds is 4. The summed E-state index contributed by atoms with van der Waals surface area (Å²) in [5.41, 5.74) is 4.58. The quantitative estimate of drug-likeness (QED) is 0.717. The zero-order valence-corrected chi connectivity index (χ0v) is 17.6. The van der Waals surface area contributed by atoms with Crippen molar-refractivity contribution in [1.82, 2.24) is 14.8 Å². The van der Waals surface area contributed by atoms with Crippen molar-refractivity contribution >= 4 is 22.2 Å². The standard InChI is InChI=1S/C23H27N3O2S/c1-16-4-5-17-12-18(23(24-19(17)11-16)22-3-2-10-29-22)13-25-14-20(21(27)15-25)26-6-8-28-9-7-26/h2-5,10-12,20-21,27H,6-9,13-15H2,1H3/t20-,21-/m0/s1. The van der Waals surface area contributed by atoms with Crippen LogP contribution in [0.1, 0.15) is 11.1 Å². The number of ether oxygens (including phenoxy) is 1. The topological polar surface area (TPSA) is 48.8 Å². The minimum absolute atomic E-state index is 0.195. The summed E-state index contributed by atoms with van der Waals surface area (Å²) in [7, 11) is 0. The van der Waals surface area contributed by atoms with Crippen LogP contribution in [0.4, 0.5) is 0 Å². The molecule has 2 aliphatic heterocycles. The zero-order chi connectivity index (χ0) is 19.8. The second-order valence-corrected chi connectivity index (χ2v) is 9.09. The van der Waals surface area contributed by atoms with E-state index in [4.69, 9.17) is 9.72 Å². The number of aliphatic hydroxyl groups excluding tert-OH is 1. The number of fused-ring (bicyclic) bond motifs is 1. The van der Waals surface area contributed by atoms with Crippen LogP contribution in [-0.4, -0.2) is 71.4 Å². The monoisotopic (exact) mass is 409 g/mol. The molecular formula is C23H27N3O2S. The summed E-state index contributed by atoms with van der Waals surface area (Å²) in [5, 5.41) is 14.0. The molecule has 3 aromatic rings. The van der Waals surface area contributed by atoms with E-state index in [0.717, 1.165) is 50.6 Å². The van der Waals surface area contributed by atoms with Gasteiger partial charge in [-0.3, -0.25) is 9.80 Å². The minimum Gasteiger partial charge on any atom is -0.390 e. The Morgan fingerprint density at radius 3 is 2.83 bits per heavy atom. The van der Waals surface area contributed by atoms with E-state index in [0.29, 0.717) is 6.54 Å². The highest BCUT2D eigenvalue weighted by molar-refractivity contribution is 7.13. The van der Waals surface area contributed by atoms with Gasteiger partial charge in [-0.25, -0.2) is 4.98 Å². The van der Waals surface area contributed by atoms with Crippen LogP contribution in [0.15, 0.2) is 41.8 Å². The fraction of sp³-hybridized carbons (Fsp3) is 0.435. The van der Waals surface area contributed by atoms with E-state index in [1.54, 1.807) is 11.3 Å². The molecule has 5 rings (SSSR count). The Bertz CT molecular complexity index is 985. The maximum atomic E-state index is 10.7. The number of aryl methyl sites for hydroxylation is 1. The summed E-state index contributed by atoms with van der Waals surface area (Å²) in [4.78, 5) is 11.0. The molecule has 0 saturated carbocycles. The molecule has 0 radical (unpaired) electrons. The van der Waals surface area contributed by atoms with Crippen molar-refractivity contribution in [2.24, 2.45) is 0 Å². The molecule has 2 atom stereocenters. The number of aliphatic hydroxyl groups is 1. The smallest absolute Gasteiger partial charge is 0.0854 e. The SMILES string of the molecule is Cc1ccc2cc(CN3C[C@H](O)[C@@H](N4CCOCC4)C3)c(-c3cccs3)nc2c1. The molecule has 0 unspecified atom stereocenters. The number of β-amino-alcohol motifs (C(OH)–C–C–N with tert-alkyl or cyclic N) is 1. The molecule has 6 heteroatoms. The first-order valence-electron chi connectivity index (χ1n) is 10.3. The number of nitrogens with zero attached hydrogens (tertiary/aromatic N) is 3. The predicted octanol–water partition coefficient (Wildman–Crippen LogP) is 3.15. The largest absolute Gasteiger partial charge is 0.390 e. The first-order valence-corrected chi connectivity index (χ1v) is 11.2. The molecule has 0 bridgehead atoms. The summed E-state index contributed by atoms with van der Waals surface area (Å²) in [6.07, 6.45) is -0.311. The van der Waals surface area contributed by atoms with Crippen molar-refractivity contribution in [1.29, 1.82) is 0 Å². The van der Waals surface area contributed by atoms with Gasteiger partial charge in [0.2, 0.25) is 0 Å². The van der Waals surface area contributed by atoms with E-state index < -0.39 is 0 Å². The second kappa shape index (κ2) is 8.13. The number of hydrogen-bond donors (Lipinski definition) is 1. The molecule has 152 valence electrons. The van der Waals surface area contributed by atoms with E-state index in [-0.39, 0.29) is 12.1 Å². The van der Waals surface area contributed by atoms with E-state index in [1.807, 2.05) is 0 Å². The summed E-state index contributed by atoms with van der Waals surface area (Å²) < 4.78 is 5.48.